The van der Waals surface area contributed by atoms with Gasteiger partial charge in [0.05, 0.1) is 18.6 Å². The van der Waals surface area contributed by atoms with Crippen molar-refractivity contribution in [2.45, 2.75) is 93.9 Å². The maximum absolute atomic E-state index is 15.6. The molecule has 2 spiro atoms. The van der Waals surface area contributed by atoms with E-state index in [4.69, 9.17) is 10.5 Å². The summed E-state index contributed by atoms with van der Waals surface area (Å²) < 4.78 is 142. The van der Waals surface area contributed by atoms with Crippen LogP contribution in [0.4, 0.5) is 27.1 Å². The van der Waals surface area contributed by atoms with E-state index >= 15 is 8.78 Å². The Morgan fingerprint density at radius 1 is 0.766 bits per heavy atom. The Kier molecular flexibility index (Phi) is 17.3. The van der Waals surface area contributed by atoms with Crippen LogP contribution in [-0.4, -0.2) is 139 Å². The van der Waals surface area contributed by atoms with Crippen LogP contribution in [0.3, 0.4) is 0 Å². The van der Waals surface area contributed by atoms with Gasteiger partial charge in [-0.25, -0.2) is 70.5 Å². The van der Waals surface area contributed by atoms with Crippen LogP contribution in [0.1, 0.15) is 98.1 Å². The van der Waals surface area contributed by atoms with Crippen molar-refractivity contribution in [3.63, 3.8) is 0 Å². The molecule has 2 aromatic carbocycles. The quantitative estimate of drug-likeness (QED) is 0.152. The van der Waals surface area contributed by atoms with Crippen molar-refractivity contribution in [2.24, 2.45) is 15.7 Å². The smallest absolute Gasteiger partial charge is 0.414 e. The lowest BCUT2D eigenvalue weighted by atomic mass is 9.77. The minimum Gasteiger partial charge on any atom is -0.444 e. The fourth-order valence-corrected chi connectivity index (χ4v) is 15.1. The van der Waals surface area contributed by atoms with Crippen LogP contribution >= 0.6 is 0 Å². The largest absolute Gasteiger partial charge is 0.444 e. The number of carbonyl (C=O) groups excluding carboxylic acids is 3. The number of amides is 1. The Hall–Kier alpha value is -6.49. The second kappa shape index (κ2) is 21.7. The fourth-order valence-electron chi connectivity index (χ4n) is 9.85. The molecule has 8 rings (SSSR count). The summed E-state index contributed by atoms with van der Waals surface area (Å²) in [6, 6.07) is 12.5. The molecular formula is C49H61F5N10O10S3. The van der Waals surface area contributed by atoms with Crippen LogP contribution in [0.5, 0.6) is 0 Å². The molecule has 1 amide bonds. The number of carbonyl (C=O) groups is 3. The van der Waals surface area contributed by atoms with Crippen molar-refractivity contribution in [1.82, 2.24) is 33.5 Å². The first kappa shape index (κ1) is 61.4. The van der Waals surface area contributed by atoms with Gasteiger partial charge in [0.1, 0.15) is 60.8 Å². The summed E-state index contributed by atoms with van der Waals surface area (Å²) in [5.41, 5.74) is 2.13. The number of hydrogen-bond donors (Lipinski definition) is 3. The van der Waals surface area contributed by atoms with Crippen molar-refractivity contribution in [2.75, 3.05) is 46.5 Å². The van der Waals surface area contributed by atoms with Crippen LogP contribution < -0.4 is 16.4 Å². The molecule has 4 aromatic rings. The molecule has 2 unspecified atom stereocenters. The molecule has 2 fully saturated rings. The van der Waals surface area contributed by atoms with Crippen molar-refractivity contribution in [1.29, 1.82) is 0 Å². The topological polar surface area (TPSA) is 273 Å². The zero-order valence-corrected chi connectivity index (χ0v) is 45.0. The zero-order valence-electron chi connectivity index (χ0n) is 42.5. The highest BCUT2D eigenvalue weighted by molar-refractivity contribution is 7.91. The standard InChI is InChI=1S/C26H31F2N5O5S.C22H25F2N5O5S2.CH4.FH/c1-24(2,3)38-23(35)31-22-32-25(4,26(10-11-29-15-26)39(36,37)33(22)5)18-12-16(6-8-19(18)28)13-21(34)20-9-7-17(27)14-30-20;1-21(16-10-14(4-6-17(16)24)11-19(30)18-7-5-15(23)12-26-18)22(8-9-29(13-22)35(3,31)32)36(33,34)28(2)20(25)27-21;;/h6-9,12,14,29H,10-11,13,15H2,1-5H3,(H,31,32,35);4-7,10,12H,8-9,11,13H2,1-3H3,(H2,25,27);1H4;1H/t25-,26?;21-,22?;;/m11../s1. The van der Waals surface area contributed by atoms with E-state index in [1.807, 2.05) is 0 Å². The van der Waals surface area contributed by atoms with Crippen LogP contribution in [-0.2, 0) is 58.7 Å². The number of ketones is 2. The number of aromatic nitrogens is 2. The number of ether oxygens (including phenoxy) is 1. The normalized spacial score (nSPS) is 24.6. The molecule has 4 N–H and O–H groups in total. The number of rotatable bonds is 9. The Balaban J connectivity index is 0.000000278. The molecule has 0 radical (unpaired) electrons. The highest BCUT2D eigenvalue weighted by Crippen LogP contribution is 2.53. The highest BCUT2D eigenvalue weighted by Gasteiger charge is 2.67. The molecule has 0 saturated carbocycles. The third-order valence-electron chi connectivity index (χ3n) is 14.0. The summed E-state index contributed by atoms with van der Waals surface area (Å²) in [5.74, 6) is -4.29. The van der Waals surface area contributed by atoms with Gasteiger partial charge < -0.3 is 15.8 Å². The molecule has 4 aliphatic rings. The highest BCUT2D eigenvalue weighted by atomic mass is 32.2. The van der Waals surface area contributed by atoms with Crippen LogP contribution in [0.15, 0.2) is 83.0 Å². The molecule has 4 atom stereocenters. The van der Waals surface area contributed by atoms with E-state index < -0.39 is 104 Å². The van der Waals surface area contributed by atoms with Gasteiger partial charge in [-0.1, -0.05) is 19.6 Å². The van der Waals surface area contributed by atoms with Gasteiger partial charge >= 0.3 is 6.09 Å². The summed E-state index contributed by atoms with van der Waals surface area (Å²) in [6.07, 6.45) is 1.45. The number of nitrogens with zero attached hydrogens (tertiary/aromatic N) is 7. The van der Waals surface area contributed by atoms with E-state index in [9.17, 15) is 48.4 Å². The zero-order chi connectivity index (χ0) is 55.5. The lowest BCUT2D eigenvalue weighted by Crippen LogP contribution is -2.66. The molecule has 28 heteroatoms. The van der Waals surface area contributed by atoms with Gasteiger partial charge in [0.25, 0.3) is 0 Å². The molecule has 2 saturated heterocycles. The lowest BCUT2D eigenvalue weighted by molar-refractivity contribution is 0.0557. The first-order valence-electron chi connectivity index (χ1n) is 23.2. The van der Waals surface area contributed by atoms with Crippen molar-refractivity contribution in [3.05, 3.63) is 130 Å². The van der Waals surface area contributed by atoms with E-state index in [-0.39, 0.29) is 85.3 Å². The number of nitrogens with two attached hydrogens (primary N) is 1. The molecule has 0 bridgehead atoms. The Morgan fingerprint density at radius 3 is 1.66 bits per heavy atom. The number of sulfonamides is 3. The van der Waals surface area contributed by atoms with Crippen LogP contribution in [0.2, 0.25) is 0 Å². The number of aliphatic imine (C=N–C) groups is 2. The monoisotopic (exact) mass is 1140 g/mol. The number of pyridine rings is 2. The molecule has 4 aliphatic heterocycles. The minimum absolute atomic E-state index is 0. The van der Waals surface area contributed by atoms with E-state index in [1.165, 1.54) is 64.3 Å². The number of guanidine groups is 2. The van der Waals surface area contributed by atoms with E-state index in [2.05, 4.69) is 30.6 Å². The molecule has 420 valence electrons. The van der Waals surface area contributed by atoms with Gasteiger partial charge in [0.15, 0.2) is 11.6 Å². The van der Waals surface area contributed by atoms with Crippen LogP contribution in [0, 0.1) is 23.3 Å². The Bertz CT molecular complexity index is 3360. The molecule has 20 nitrogen and oxygen atoms in total. The number of benzene rings is 2. The first-order valence-corrected chi connectivity index (χ1v) is 27.9. The van der Waals surface area contributed by atoms with Gasteiger partial charge in [0, 0.05) is 57.7 Å². The molecule has 77 heavy (non-hydrogen) atoms. The average molecular weight is 1140 g/mol. The van der Waals surface area contributed by atoms with E-state index in [0.717, 1.165) is 55.8 Å². The summed E-state index contributed by atoms with van der Waals surface area (Å²) in [6.45, 7) is 7.66. The predicted molar refractivity (Wildman–Crippen MR) is 277 cm³/mol. The molecular weight excluding hydrogens is 1080 g/mol. The maximum atomic E-state index is 15.6. The predicted octanol–water partition coefficient (Wildman–Crippen LogP) is 4.67. The summed E-state index contributed by atoms with van der Waals surface area (Å²) >= 11 is 0. The number of nitrogens with one attached hydrogen (secondary N) is 2. The molecule has 2 aromatic heterocycles. The molecule has 6 heterocycles. The van der Waals surface area contributed by atoms with Gasteiger partial charge in [-0.15, -0.1) is 0 Å². The third-order valence-corrected chi connectivity index (χ3v) is 20.5. The van der Waals surface area contributed by atoms with Crippen molar-refractivity contribution < 1.29 is 66.6 Å². The minimum atomic E-state index is -4.31. The van der Waals surface area contributed by atoms with Gasteiger partial charge in [-0.2, -0.15) is 0 Å². The number of Topliss-reactive ketones (excluding diaryl/α,β-unsaturated/α-hetero) is 2. The van der Waals surface area contributed by atoms with Gasteiger partial charge in [-0.05, 0) is 114 Å². The number of hydrogen-bond acceptors (Lipinski definition) is 16. The van der Waals surface area contributed by atoms with Gasteiger partial charge in [-0.3, -0.25) is 29.6 Å². The fraction of sp³-hybridized carbons (Fsp3) is 0.449. The summed E-state index contributed by atoms with van der Waals surface area (Å²) in [7, 11) is -9.79. The first-order chi connectivity index (χ1) is 34.7. The average Bonchev–Trinajstić information content (AvgIpc) is 4.03. The number of alkyl carbamates (subject to hydrolysis) is 1. The van der Waals surface area contributed by atoms with Gasteiger partial charge in [0.2, 0.25) is 42.0 Å². The van der Waals surface area contributed by atoms with E-state index in [0.29, 0.717) is 17.7 Å². The third kappa shape index (κ3) is 11.2. The Morgan fingerprint density at radius 2 is 1.25 bits per heavy atom. The second-order valence-corrected chi connectivity index (χ2v) is 26.5. The lowest BCUT2D eigenvalue weighted by Gasteiger charge is -2.49. The van der Waals surface area contributed by atoms with Crippen LogP contribution in [0.25, 0.3) is 0 Å². The van der Waals surface area contributed by atoms with E-state index in [1.54, 1.807) is 20.8 Å². The summed E-state index contributed by atoms with van der Waals surface area (Å²) in [5, 5.41) is 5.46. The maximum Gasteiger partial charge on any atom is 0.414 e. The second-order valence-electron chi connectivity index (χ2n) is 19.9. The Labute approximate surface area is 444 Å². The van der Waals surface area contributed by atoms with Crippen molar-refractivity contribution in [3.8, 4) is 0 Å². The number of halogens is 5. The summed E-state index contributed by atoms with van der Waals surface area (Å²) in [4.78, 5) is 54.6. The SMILES string of the molecule is C.CN1C(N)=N[C@](C)(c2cc(CC(=O)c3ccc(F)cn3)ccc2F)C2(CCN(S(C)(=O)=O)C2)S1(=O)=O.CN1C(NC(=O)OC(C)(C)C)=N[C@](C)(c2cc(CC(=O)c3ccc(F)cn3)ccc2F)C2(CCNC2)S1(=O)=O.F. The van der Waals surface area contributed by atoms with Crippen molar-refractivity contribution >= 4 is 59.6 Å². The molecule has 0 aliphatic carbocycles.